The van der Waals surface area contributed by atoms with Crippen LogP contribution in [0.15, 0.2) is 0 Å². The summed E-state index contributed by atoms with van der Waals surface area (Å²) in [5.41, 5.74) is 6.65. The summed E-state index contributed by atoms with van der Waals surface area (Å²) in [5.74, 6) is 4.76. The number of hydrazine groups is 1. The van der Waals surface area contributed by atoms with Gasteiger partial charge < -0.3 is 11.2 Å². The van der Waals surface area contributed by atoms with Crippen LogP contribution in [-0.4, -0.2) is 11.1 Å². The fraction of sp³-hybridized carbons (Fsp3) is 0. The Morgan fingerprint density at radius 3 is 2.25 bits per heavy atom. The van der Waals surface area contributed by atoms with Crippen LogP contribution in [-0.2, 0) is 0 Å². The minimum Gasteiger partial charge on any atom is -0.351 e. The lowest BCUT2D eigenvalue weighted by Crippen LogP contribution is -2.44. The molecule has 0 fully saturated rings. The fourth-order valence-corrected chi connectivity index (χ4v) is 0.249. The second-order valence-corrected chi connectivity index (χ2v) is 1.37. The SMILES string of the molecule is NNC(=S)NC(N)=O. The van der Waals surface area contributed by atoms with Gasteiger partial charge in [-0.05, 0) is 12.2 Å². The molecule has 5 nitrogen and oxygen atoms in total. The first-order chi connectivity index (χ1) is 3.66. The lowest BCUT2D eigenvalue weighted by atomic mass is 10.9. The van der Waals surface area contributed by atoms with Crippen LogP contribution in [0.2, 0.25) is 0 Å². The van der Waals surface area contributed by atoms with Gasteiger partial charge in [0, 0.05) is 0 Å². The molecule has 0 aromatic heterocycles. The number of nitrogens with one attached hydrogen (secondary N) is 2. The van der Waals surface area contributed by atoms with E-state index >= 15 is 0 Å². The van der Waals surface area contributed by atoms with E-state index in [1.54, 1.807) is 0 Å². The van der Waals surface area contributed by atoms with Crippen molar-refractivity contribution in [2.75, 3.05) is 0 Å². The number of thiocarbonyl (C=S) groups is 1. The molecule has 0 unspecified atom stereocenters. The lowest BCUT2D eigenvalue weighted by molar-refractivity contribution is 0.253. The summed E-state index contributed by atoms with van der Waals surface area (Å²) in [6.07, 6.45) is 0. The Kier molecular flexibility index (Phi) is 2.82. The van der Waals surface area contributed by atoms with Gasteiger partial charge in [-0.2, -0.15) is 0 Å². The summed E-state index contributed by atoms with van der Waals surface area (Å²) < 4.78 is 0. The van der Waals surface area contributed by atoms with Crippen molar-refractivity contribution >= 4 is 23.4 Å². The Bertz CT molecular complexity index is 113. The molecule has 46 valence electrons. The van der Waals surface area contributed by atoms with E-state index in [9.17, 15) is 4.79 Å². The van der Waals surface area contributed by atoms with Crippen LogP contribution in [0.5, 0.6) is 0 Å². The summed E-state index contributed by atoms with van der Waals surface area (Å²) in [4.78, 5) is 9.90. The second-order valence-electron chi connectivity index (χ2n) is 0.963. The van der Waals surface area contributed by atoms with Crippen molar-refractivity contribution in [3.8, 4) is 0 Å². The number of carbonyl (C=O) groups excluding carboxylic acids is 1. The molecule has 0 aliphatic heterocycles. The highest BCUT2D eigenvalue weighted by molar-refractivity contribution is 7.80. The van der Waals surface area contributed by atoms with Crippen LogP contribution in [0.4, 0.5) is 4.79 Å². The quantitative estimate of drug-likeness (QED) is 0.182. The Morgan fingerprint density at radius 1 is 1.62 bits per heavy atom. The number of carbonyl (C=O) groups is 1. The van der Waals surface area contributed by atoms with Gasteiger partial charge in [-0.1, -0.05) is 0 Å². The van der Waals surface area contributed by atoms with Gasteiger partial charge in [0.05, 0.1) is 0 Å². The number of rotatable bonds is 0. The maximum absolute atomic E-state index is 9.90. The average molecular weight is 134 g/mol. The van der Waals surface area contributed by atoms with Gasteiger partial charge >= 0.3 is 6.03 Å². The molecule has 0 aliphatic carbocycles. The normalized spacial score (nSPS) is 7.62. The van der Waals surface area contributed by atoms with E-state index in [1.165, 1.54) is 0 Å². The van der Waals surface area contributed by atoms with Gasteiger partial charge in [-0.3, -0.25) is 5.32 Å². The number of primary amides is 1. The average Bonchev–Trinajstić information content (AvgIpc) is 1.65. The van der Waals surface area contributed by atoms with Crippen molar-refractivity contribution in [2.24, 2.45) is 11.6 Å². The molecule has 8 heavy (non-hydrogen) atoms. The molecule has 6 N–H and O–H groups in total. The van der Waals surface area contributed by atoms with E-state index in [4.69, 9.17) is 5.84 Å². The van der Waals surface area contributed by atoms with Crippen molar-refractivity contribution in [3.63, 3.8) is 0 Å². The monoisotopic (exact) mass is 134 g/mol. The smallest absolute Gasteiger partial charge is 0.318 e. The molecule has 6 heteroatoms. The standard InChI is InChI=1S/C2H6N4OS/c3-1(7)5-2(8)6-4/h4H2,(H4,3,5,6,7,8). The molecule has 0 aromatic carbocycles. The molecule has 0 aromatic rings. The van der Waals surface area contributed by atoms with E-state index < -0.39 is 6.03 Å². The third-order valence-electron chi connectivity index (χ3n) is 0.368. The maximum atomic E-state index is 9.90. The van der Waals surface area contributed by atoms with E-state index in [-0.39, 0.29) is 5.11 Å². The van der Waals surface area contributed by atoms with Gasteiger partial charge in [0.15, 0.2) is 5.11 Å². The fourth-order valence-electron chi connectivity index (χ4n) is 0.148. The van der Waals surface area contributed by atoms with E-state index in [1.807, 2.05) is 10.7 Å². The summed E-state index contributed by atoms with van der Waals surface area (Å²) in [5, 5.41) is 2.04. The molecule has 0 saturated heterocycles. The number of nitrogens with two attached hydrogens (primary N) is 2. The van der Waals surface area contributed by atoms with E-state index in [2.05, 4.69) is 18.0 Å². The van der Waals surface area contributed by atoms with E-state index in [0.29, 0.717) is 0 Å². The third kappa shape index (κ3) is 3.32. The molecule has 0 atom stereocenters. The summed E-state index contributed by atoms with van der Waals surface area (Å²) in [6.45, 7) is 0. The topological polar surface area (TPSA) is 93.2 Å². The lowest BCUT2D eigenvalue weighted by Gasteiger charge is -1.98. The van der Waals surface area contributed by atoms with Crippen molar-refractivity contribution in [3.05, 3.63) is 0 Å². The zero-order valence-corrected chi connectivity index (χ0v) is 4.79. The molecular formula is C2H6N4OS. The molecule has 0 heterocycles. The van der Waals surface area contributed by atoms with Crippen LogP contribution >= 0.6 is 12.2 Å². The minimum absolute atomic E-state index is 0.0116. The van der Waals surface area contributed by atoms with Crippen LogP contribution in [0.1, 0.15) is 0 Å². The summed E-state index contributed by atoms with van der Waals surface area (Å²) in [6, 6.07) is -0.729. The van der Waals surface area contributed by atoms with Crippen LogP contribution in [0.3, 0.4) is 0 Å². The van der Waals surface area contributed by atoms with Gasteiger partial charge in [0.2, 0.25) is 0 Å². The predicted octanol–water partition coefficient (Wildman–Crippen LogP) is -1.60. The molecule has 0 radical (unpaired) electrons. The first-order valence-electron chi connectivity index (χ1n) is 1.74. The predicted molar refractivity (Wildman–Crippen MR) is 32.6 cm³/mol. The molecule has 0 saturated carbocycles. The maximum Gasteiger partial charge on any atom is 0.318 e. The number of urea groups is 1. The second kappa shape index (κ2) is 3.16. The largest absolute Gasteiger partial charge is 0.351 e. The highest BCUT2D eigenvalue weighted by atomic mass is 32.1. The Labute approximate surface area is 51.4 Å². The highest BCUT2D eigenvalue weighted by Crippen LogP contribution is 1.57. The van der Waals surface area contributed by atoms with Crippen molar-refractivity contribution in [1.82, 2.24) is 10.7 Å². The molecule has 0 spiro atoms. The third-order valence-corrected chi connectivity index (χ3v) is 0.588. The minimum atomic E-state index is -0.729. The Balaban J connectivity index is 3.40. The highest BCUT2D eigenvalue weighted by Gasteiger charge is 1.92. The first-order valence-corrected chi connectivity index (χ1v) is 2.14. The summed E-state index contributed by atoms with van der Waals surface area (Å²) >= 11 is 4.38. The van der Waals surface area contributed by atoms with E-state index in [0.717, 1.165) is 0 Å². The number of hydrogen-bond donors (Lipinski definition) is 4. The van der Waals surface area contributed by atoms with Crippen LogP contribution in [0.25, 0.3) is 0 Å². The Hall–Kier alpha value is -0.880. The first kappa shape index (κ1) is 7.12. The molecule has 0 rings (SSSR count). The van der Waals surface area contributed by atoms with Crippen molar-refractivity contribution in [2.45, 2.75) is 0 Å². The van der Waals surface area contributed by atoms with Crippen molar-refractivity contribution < 1.29 is 4.79 Å². The zero-order valence-electron chi connectivity index (χ0n) is 3.97. The Morgan fingerprint density at radius 2 is 2.12 bits per heavy atom. The summed E-state index contributed by atoms with van der Waals surface area (Å²) in [7, 11) is 0. The molecule has 0 bridgehead atoms. The van der Waals surface area contributed by atoms with Gasteiger partial charge in [-0.15, -0.1) is 0 Å². The van der Waals surface area contributed by atoms with Crippen LogP contribution in [0, 0.1) is 0 Å². The molecule has 0 aliphatic rings. The van der Waals surface area contributed by atoms with Crippen molar-refractivity contribution in [1.29, 1.82) is 0 Å². The van der Waals surface area contributed by atoms with Gasteiger partial charge in [0.25, 0.3) is 0 Å². The van der Waals surface area contributed by atoms with Crippen LogP contribution < -0.4 is 22.3 Å². The van der Waals surface area contributed by atoms with Gasteiger partial charge in [0.1, 0.15) is 0 Å². The van der Waals surface area contributed by atoms with Gasteiger partial charge in [-0.25, -0.2) is 10.6 Å². The molecule has 2 amide bonds. The number of amides is 2. The molecular weight excluding hydrogens is 128 g/mol. The number of hydrogen-bond acceptors (Lipinski definition) is 3. The zero-order chi connectivity index (χ0) is 6.57.